The van der Waals surface area contributed by atoms with Crippen LogP contribution in [-0.4, -0.2) is 23.0 Å². The summed E-state index contributed by atoms with van der Waals surface area (Å²) in [6, 6.07) is 8.70. The number of carbonyl (C=O) groups is 1. The van der Waals surface area contributed by atoms with Gasteiger partial charge in [0.1, 0.15) is 17.0 Å². The number of aromatic nitrogens is 1. The number of hydrogen-bond acceptors (Lipinski definition) is 3. The number of halogens is 1. The van der Waals surface area contributed by atoms with E-state index in [9.17, 15) is 4.79 Å². The molecule has 1 atom stereocenters. The lowest BCUT2D eigenvalue weighted by Gasteiger charge is -2.24. The zero-order valence-corrected chi connectivity index (χ0v) is 13.6. The molecule has 6 nitrogen and oxygen atoms in total. The minimum Gasteiger partial charge on any atom is -0.486 e. The van der Waals surface area contributed by atoms with E-state index in [2.05, 4.69) is 9.98 Å². The summed E-state index contributed by atoms with van der Waals surface area (Å²) in [6.07, 6.45) is 3.41. The van der Waals surface area contributed by atoms with Crippen molar-refractivity contribution in [3.05, 3.63) is 64.4 Å². The van der Waals surface area contributed by atoms with Crippen LogP contribution in [-0.2, 0) is 0 Å². The second-order valence-electron chi connectivity index (χ2n) is 5.30. The van der Waals surface area contributed by atoms with Crippen LogP contribution in [0.5, 0.6) is 5.75 Å². The minimum atomic E-state index is -0.520. The van der Waals surface area contributed by atoms with Gasteiger partial charge in [0.2, 0.25) is 0 Å². The van der Waals surface area contributed by atoms with E-state index in [4.69, 9.17) is 27.8 Å². The van der Waals surface area contributed by atoms with Gasteiger partial charge in [-0.15, -0.1) is 0 Å². The highest BCUT2D eigenvalue weighted by molar-refractivity contribution is 6.31. The summed E-state index contributed by atoms with van der Waals surface area (Å²) in [6.45, 7) is 1.92. The molecule has 0 saturated carbocycles. The zero-order chi connectivity index (χ0) is 17.3. The van der Waals surface area contributed by atoms with Crippen LogP contribution < -0.4 is 16.2 Å². The molecule has 0 saturated heterocycles. The summed E-state index contributed by atoms with van der Waals surface area (Å²) in [4.78, 5) is 19.7. The molecule has 4 N–H and O–H groups in total. The summed E-state index contributed by atoms with van der Waals surface area (Å²) in [7, 11) is 0. The van der Waals surface area contributed by atoms with E-state index in [0.29, 0.717) is 16.5 Å². The standard InChI is InChI=1S/C17H15ClN4O2/c1-9-7-12(11-3-2-6-21-15(11)18)13-8-10(4-5-14(13)24-9)16(23)22-17(19)20/h2-9H,1H3,(H4,19,20,22,23). The van der Waals surface area contributed by atoms with Gasteiger partial charge < -0.3 is 16.2 Å². The first kappa shape index (κ1) is 16.0. The van der Waals surface area contributed by atoms with E-state index < -0.39 is 5.91 Å². The van der Waals surface area contributed by atoms with Gasteiger partial charge in [0.25, 0.3) is 5.91 Å². The third-order valence-corrected chi connectivity index (χ3v) is 3.81. The number of fused-ring (bicyclic) bond motifs is 1. The van der Waals surface area contributed by atoms with Gasteiger partial charge in [-0.25, -0.2) is 4.98 Å². The average Bonchev–Trinajstić information content (AvgIpc) is 2.53. The number of rotatable bonds is 2. The van der Waals surface area contributed by atoms with E-state index >= 15 is 0 Å². The molecule has 0 radical (unpaired) electrons. The van der Waals surface area contributed by atoms with E-state index in [0.717, 1.165) is 16.7 Å². The predicted molar refractivity (Wildman–Crippen MR) is 93.0 cm³/mol. The second kappa shape index (κ2) is 6.33. The van der Waals surface area contributed by atoms with Crippen molar-refractivity contribution in [3.8, 4) is 5.75 Å². The van der Waals surface area contributed by atoms with Crippen LogP contribution >= 0.6 is 11.6 Å². The molecular weight excluding hydrogens is 328 g/mol. The molecule has 0 aliphatic carbocycles. The number of pyridine rings is 1. The molecule has 1 unspecified atom stereocenters. The van der Waals surface area contributed by atoms with E-state index in [-0.39, 0.29) is 12.1 Å². The Kier molecular flexibility index (Phi) is 4.22. The molecule has 24 heavy (non-hydrogen) atoms. The fraction of sp³-hybridized carbons (Fsp3) is 0.118. The highest BCUT2D eigenvalue weighted by atomic mass is 35.5. The quantitative estimate of drug-likeness (QED) is 0.495. The fourth-order valence-electron chi connectivity index (χ4n) is 2.54. The smallest absolute Gasteiger partial charge is 0.280 e. The zero-order valence-electron chi connectivity index (χ0n) is 12.9. The van der Waals surface area contributed by atoms with Crippen molar-refractivity contribution in [1.29, 1.82) is 0 Å². The number of aliphatic imine (C=N–C) groups is 1. The molecule has 1 aliphatic rings. The Morgan fingerprint density at radius 2 is 2.08 bits per heavy atom. The van der Waals surface area contributed by atoms with E-state index in [1.807, 2.05) is 19.1 Å². The van der Waals surface area contributed by atoms with Crippen LogP contribution in [0, 0.1) is 0 Å². The molecule has 1 aromatic heterocycles. The Morgan fingerprint density at radius 1 is 1.29 bits per heavy atom. The molecule has 0 bridgehead atoms. The molecular formula is C17H15ClN4O2. The molecule has 2 aromatic rings. The summed E-state index contributed by atoms with van der Waals surface area (Å²) in [5, 5.41) is 0.379. The van der Waals surface area contributed by atoms with Crippen LogP contribution in [0.4, 0.5) is 0 Å². The minimum absolute atomic E-state index is 0.136. The maximum atomic E-state index is 12.1. The van der Waals surface area contributed by atoms with Gasteiger partial charge in [0.05, 0.1) is 0 Å². The molecule has 1 aliphatic heterocycles. The first-order chi connectivity index (χ1) is 11.5. The van der Waals surface area contributed by atoms with Crippen molar-refractivity contribution in [2.24, 2.45) is 16.5 Å². The topological polar surface area (TPSA) is 104 Å². The van der Waals surface area contributed by atoms with E-state index in [1.165, 1.54) is 0 Å². The summed E-state index contributed by atoms with van der Waals surface area (Å²) in [5.74, 6) is -0.150. The van der Waals surface area contributed by atoms with E-state index in [1.54, 1.807) is 30.5 Å². The third-order valence-electron chi connectivity index (χ3n) is 3.51. The fourth-order valence-corrected chi connectivity index (χ4v) is 2.76. The number of nitrogens with two attached hydrogens (primary N) is 2. The second-order valence-corrected chi connectivity index (χ2v) is 5.66. The molecule has 0 fully saturated rings. The molecule has 1 amide bonds. The Labute approximate surface area is 143 Å². The van der Waals surface area contributed by atoms with Crippen molar-refractivity contribution >= 4 is 29.0 Å². The summed E-state index contributed by atoms with van der Waals surface area (Å²) < 4.78 is 5.80. The lowest BCUT2D eigenvalue weighted by atomic mass is 9.93. The van der Waals surface area contributed by atoms with Crippen molar-refractivity contribution in [1.82, 2.24) is 4.98 Å². The number of hydrogen-bond donors (Lipinski definition) is 2. The van der Waals surface area contributed by atoms with Gasteiger partial charge in [-0.05, 0) is 48.9 Å². The molecule has 122 valence electrons. The molecule has 0 spiro atoms. The van der Waals surface area contributed by atoms with Gasteiger partial charge in [-0.1, -0.05) is 11.6 Å². The predicted octanol–water partition coefficient (Wildman–Crippen LogP) is 2.36. The van der Waals surface area contributed by atoms with Crippen molar-refractivity contribution < 1.29 is 9.53 Å². The number of guanidine groups is 1. The van der Waals surface area contributed by atoms with Crippen LogP contribution in [0.2, 0.25) is 5.15 Å². The lowest BCUT2D eigenvalue weighted by molar-refractivity contribution is 0.100. The first-order valence-electron chi connectivity index (χ1n) is 7.23. The number of ether oxygens (including phenoxy) is 1. The highest BCUT2D eigenvalue weighted by Crippen LogP contribution is 2.38. The normalized spacial score (nSPS) is 15.8. The number of amides is 1. The van der Waals surface area contributed by atoms with Crippen LogP contribution in [0.3, 0.4) is 0 Å². The Balaban J connectivity index is 2.13. The van der Waals surface area contributed by atoms with Gasteiger partial charge >= 0.3 is 0 Å². The average molecular weight is 343 g/mol. The maximum absolute atomic E-state index is 12.1. The molecule has 1 aromatic carbocycles. The van der Waals surface area contributed by atoms with Gasteiger partial charge in [0, 0.05) is 22.9 Å². The van der Waals surface area contributed by atoms with Gasteiger partial charge in [0.15, 0.2) is 5.96 Å². The Hall–Kier alpha value is -2.86. The lowest BCUT2D eigenvalue weighted by Crippen LogP contribution is -2.24. The van der Waals surface area contributed by atoms with Crippen molar-refractivity contribution in [2.75, 3.05) is 0 Å². The van der Waals surface area contributed by atoms with Crippen molar-refractivity contribution in [3.63, 3.8) is 0 Å². The number of benzene rings is 1. The van der Waals surface area contributed by atoms with Gasteiger partial charge in [-0.2, -0.15) is 4.99 Å². The third kappa shape index (κ3) is 3.09. The monoisotopic (exact) mass is 342 g/mol. The summed E-state index contributed by atoms with van der Waals surface area (Å²) in [5.41, 5.74) is 13.2. The first-order valence-corrected chi connectivity index (χ1v) is 7.61. The number of nitrogens with zero attached hydrogens (tertiary/aromatic N) is 2. The largest absolute Gasteiger partial charge is 0.486 e. The molecule has 2 heterocycles. The SMILES string of the molecule is CC1C=C(c2cccnc2Cl)c2cc(C(=O)N=C(N)N)ccc2O1. The molecule has 3 rings (SSSR count). The van der Waals surface area contributed by atoms with Crippen LogP contribution in [0.15, 0.2) is 47.6 Å². The van der Waals surface area contributed by atoms with Crippen molar-refractivity contribution in [2.45, 2.75) is 13.0 Å². The Bertz CT molecular complexity index is 873. The number of carbonyl (C=O) groups excluding carboxylic acids is 1. The summed E-state index contributed by atoms with van der Waals surface area (Å²) >= 11 is 6.23. The van der Waals surface area contributed by atoms with Crippen LogP contribution in [0.25, 0.3) is 5.57 Å². The van der Waals surface area contributed by atoms with Crippen LogP contribution in [0.1, 0.15) is 28.4 Å². The molecule has 7 heteroatoms. The van der Waals surface area contributed by atoms with Gasteiger partial charge in [-0.3, -0.25) is 4.79 Å². The highest BCUT2D eigenvalue weighted by Gasteiger charge is 2.22. The Morgan fingerprint density at radius 3 is 2.79 bits per heavy atom. The maximum Gasteiger partial charge on any atom is 0.280 e.